The summed E-state index contributed by atoms with van der Waals surface area (Å²) in [5.74, 6) is -0.351. The van der Waals surface area contributed by atoms with Crippen LogP contribution in [0.2, 0.25) is 0 Å². The van der Waals surface area contributed by atoms with E-state index in [1.165, 1.54) is 28.8 Å². The first-order valence-corrected chi connectivity index (χ1v) is 9.27. The van der Waals surface area contributed by atoms with Crippen molar-refractivity contribution in [2.45, 2.75) is 25.2 Å². The molecule has 1 saturated carbocycles. The number of aryl methyl sites for hydroxylation is 1. The number of hydrogen-bond acceptors (Lipinski definition) is 4. The molecule has 10 heteroatoms. The highest BCUT2D eigenvalue weighted by molar-refractivity contribution is 5.91. The number of fused-ring (bicyclic) bond motifs is 1. The average Bonchev–Trinajstić information content (AvgIpc) is 3.28. The zero-order valence-electron chi connectivity index (χ0n) is 15.8. The van der Waals surface area contributed by atoms with Crippen LogP contribution in [0.4, 0.5) is 13.2 Å². The molecule has 0 radical (unpaired) electrons. The van der Waals surface area contributed by atoms with Crippen molar-refractivity contribution < 1.29 is 17.9 Å². The van der Waals surface area contributed by atoms with E-state index in [0.717, 1.165) is 18.4 Å². The molecular weight excluding hydrogens is 399 g/mol. The lowest BCUT2D eigenvalue weighted by Crippen LogP contribution is -2.21. The Kier molecular flexibility index (Phi) is 3.99. The first kappa shape index (κ1) is 18.5. The number of benzene rings is 1. The molecule has 1 fully saturated rings. The number of ether oxygens (including phenoxy) is 1. The maximum absolute atomic E-state index is 13.3. The van der Waals surface area contributed by atoms with Gasteiger partial charge in [0.15, 0.2) is 0 Å². The molecule has 0 amide bonds. The van der Waals surface area contributed by atoms with Crippen molar-refractivity contribution >= 4 is 11.0 Å². The molecule has 3 aromatic heterocycles. The van der Waals surface area contributed by atoms with Crippen LogP contribution in [-0.4, -0.2) is 30.3 Å². The molecule has 154 valence electrons. The number of rotatable bonds is 4. The van der Waals surface area contributed by atoms with Crippen molar-refractivity contribution in [2.75, 3.05) is 0 Å². The van der Waals surface area contributed by atoms with Crippen LogP contribution in [0, 0.1) is 0 Å². The topological polar surface area (TPSA) is 66.9 Å². The monoisotopic (exact) mass is 415 g/mol. The van der Waals surface area contributed by atoms with Gasteiger partial charge in [0.25, 0.3) is 5.56 Å². The second-order valence-corrected chi connectivity index (χ2v) is 7.24. The quantitative estimate of drug-likeness (QED) is 0.508. The smallest absolute Gasteiger partial charge is 0.406 e. The summed E-state index contributed by atoms with van der Waals surface area (Å²) < 4.78 is 46.2. The summed E-state index contributed by atoms with van der Waals surface area (Å²) in [5.41, 5.74) is 2.68. The minimum Gasteiger partial charge on any atom is -0.406 e. The molecule has 1 aromatic carbocycles. The van der Waals surface area contributed by atoms with Gasteiger partial charge in [0.1, 0.15) is 16.8 Å². The van der Waals surface area contributed by atoms with Crippen molar-refractivity contribution in [2.24, 2.45) is 7.05 Å². The lowest BCUT2D eigenvalue weighted by atomic mass is 10.1. The predicted octanol–water partition coefficient (Wildman–Crippen LogP) is 3.82. The maximum Gasteiger partial charge on any atom is 0.573 e. The van der Waals surface area contributed by atoms with E-state index in [-0.39, 0.29) is 17.4 Å². The highest BCUT2D eigenvalue weighted by Gasteiger charge is 2.31. The fraction of sp³-hybridized carbons (Fsp3) is 0.250. The first-order chi connectivity index (χ1) is 14.3. The Bertz CT molecular complexity index is 1300. The third-order valence-electron chi connectivity index (χ3n) is 5.03. The highest BCUT2D eigenvalue weighted by atomic mass is 19.4. The highest BCUT2D eigenvalue weighted by Crippen LogP contribution is 2.38. The largest absolute Gasteiger partial charge is 0.573 e. The second kappa shape index (κ2) is 6.48. The van der Waals surface area contributed by atoms with Crippen molar-refractivity contribution in [3.63, 3.8) is 0 Å². The van der Waals surface area contributed by atoms with Crippen LogP contribution >= 0.6 is 0 Å². The Morgan fingerprint density at radius 1 is 1.13 bits per heavy atom. The standard InChI is InChI=1S/C20H16F3N5O2/c1-26-9-12(8-25-26)16-10-27(13-4-6-15(7-5-13)30-20(21,22)23)19(29)18-17(16)24-11-28(18)14-2-3-14/h4-11,14H,2-3H2,1H3. The molecule has 1 aliphatic rings. The molecule has 0 unspecified atom stereocenters. The van der Waals surface area contributed by atoms with Gasteiger partial charge < -0.3 is 9.30 Å². The fourth-order valence-electron chi connectivity index (χ4n) is 3.53. The number of nitrogens with zero attached hydrogens (tertiary/aromatic N) is 5. The lowest BCUT2D eigenvalue weighted by Gasteiger charge is -2.12. The molecule has 0 atom stereocenters. The van der Waals surface area contributed by atoms with E-state index in [0.29, 0.717) is 22.3 Å². The van der Waals surface area contributed by atoms with Gasteiger partial charge in [-0.25, -0.2) is 4.98 Å². The molecule has 3 heterocycles. The summed E-state index contributed by atoms with van der Waals surface area (Å²) in [6, 6.07) is 5.43. The van der Waals surface area contributed by atoms with Crippen molar-refractivity contribution in [1.29, 1.82) is 0 Å². The molecule has 0 saturated heterocycles. The number of alkyl halides is 3. The Balaban J connectivity index is 1.69. The number of imidazole rings is 1. The third-order valence-corrected chi connectivity index (χ3v) is 5.03. The Labute approximate surface area is 167 Å². The molecule has 7 nitrogen and oxygen atoms in total. The zero-order chi connectivity index (χ0) is 21.0. The van der Waals surface area contributed by atoms with Gasteiger partial charge in [-0.2, -0.15) is 5.10 Å². The summed E-state index contributed by atoms with van der Waals surface area (Å²) in [5, 5.41) is 4.20. The van der Waals surface area contributed by atoms with Gasteiger partial charge in [-0.1, -0.05) is 0 Å². The van der Waals surface area contributed by atoms with Gasteiger partial charge in [0.2, 0.25) is 0 Å². The van der Waals surface area contributed by atoms with E-state index in [4.69, 9.17) is 0 Å². The van der Waals surface area contributed by atoms with Gasteiger partial charge in [-0.3, -0.25) is 14.0 Å². The van der Waals surface area contributed by atoms with Gasteiger partial charge in [-0.05, 0) is 37.1 Å². The molecule has 0 spiro atoms. The number of hydrogen-bond donors (Lipinski definition) is 0. The van der Waals surface area contributed by atoms with Crippen molar-refractivity contribution in [3.05, 3.63) is 59.5 Å². The molecule has 1 aliphatic carbocycles. The Morgan fingerprint density at radius 2 is 1.87 bits per heavy atom. The van der Waals surface area contributed by atoms with Crippen LogP contribution in [0.25, 0.3) is 27.8 Å². The number of pyridine rings is 1. The Hall–Kier alpha value is -3.56. The maximum atomic E-state index is 13.3. The van der Waals surface area contributed by atoms with Crippen LogP contribution in [0.3, 0.4) is 0 Å². The predicted molar refractivity (Wildman–Crippen MR) is 102 cm³/mol. The van der Waals surface area contributed by atoms with E-state index >= 15 is 0 Å². The van der Waals surface area contributed by atoms with Gasteiger partial charge in [0, 0.05) is 42.3 Å². The van der Waals surface area contributed by atoms with Crippen LogP contribution in [0.5, 0.6) is 5.75 Å². The first-order valence-electron chi connectivity index (χ1n) is 9.27. The minimum atomic E-state index is -4.78. The van der Waals surface area contributed by atoms with Crippen molar-refractivity contribution in [3.8, 4) is 22.6 Å². The fourth-order valence-corrected chi connectivity index (χ4v) is 3.53. The molecular formula is C20H16F3N5O2. The molecule has 5 rings (SSSR count). The van der Waals surface area contributed by atoms with Crippen LogP contribution < -0.4 is 10.3 Å². The van der Waals surface area contributed by atoms with Crippen LogP contribution in [0.15, 0.2) is 54.0 Å². The Morgan fingerprint density at radius 3 is 2.47 bits per heavy atom. The summed E-state index contributed by atoms with van der Waals surface area (Å²) >= 11 is 0. The molecule has 0 bridgehead atoms. The number of halogens is 3. The SMILES string of the molecule is Cn1cc(-c2cn(-c3ccc(OC(F)(F)F)cc3)c(=O)c3c2ncn3C2CC2)cn1. The minimum absolute atomic E-state index is 0.239. The second-order valence-electron chi connectivity index (χ2n) is 7.24. The summed E-state index contributed by atoms with van der Waals surface area (Å²) in [4.78, 5) is 17.8. The van der Waals surface area contributed by atoms with E-state index in [1.54, 1.807) is 30.5 Å². The van der Waals surface area contributed by atoms with E-state index in [1.807, 2.05) is 10.8 Å². The molecule has 0 N–H and O–H groups in total. The summed E-state index contributed by atoms with van der Waals surface area (Å²) in [6.07, 6.45) is 4.00. The van der Waals surface area contributed by atoms with Gasteiger partial charge in [0.05, 0.1) is 12.5 Å². The molecule has 30 heavy (non-hydrogen) atoms. The number of aromatic nitrogens is 5. The van der Waals surface area contributed by atoms with Crippen molar-refractivity contribution in [1.82, 2.24) is 23.9 Å². The van der Waals surface area contributed by atoms with E-state index in [9.17, 15) is 18.0 Å². The molecule has 0 aliphatic heterocycles. The van der Waals surface area contributed by atoms with Gasteiger partial charge >= 0.3 is 6.36 Å². The van der Waals surface area contributed by atoms with Crippen LogP contribution in [-0.2, 0) is 7.05 Å². The average molecular weight is 415 g/mol. The van der Waals surface area contributed by atoms with Gasteiger partial charge in [-0.15, -0.1) is 13.2 Å². The van der Waals surface area contributed by atoms with E-state index in [2.05, 4.69) is 14.8 Å². The summed E-state index contributed by atoms with van der Waals surface area (Å²) in [7, 11) is 1.79. The van der Waals surface area contributed by atoms with E-state index < -0.39 is 6.36 Å². The normalized spacial score (nSPS) is 14.4. The van der Waals surface area contributed by atoms with Crippen LogP contribution in [0.1, 0.15) is 18.9 Å². The zero-order valence-corrected chi connectivity index (χ0v) is 15.8. The third kappa shape index (κ3) is 3.23. The molecule has 4 aromatic rings. The lowest BCUT2D eigenvalue weighted by molar-refractivity contribution is -0.274. The summed E-state index contributed by atoms with van der Waals surface area (Å²) in [6.45, 7) is 0.